The summed E-state index contributed by atoms with van der Waals surface area (Å²) in [4.78, 5) is 17.2. The summed E-state index contributed by atoms with van der Waals surface area (Å²) in [5, 5.41) is 6.81. The molecule has 1 amide bonds. The SMILES string of the molecule is CC1=C(C#Cc2cnc3cccnn23)C=C(C(=O)Nc2ccc(CCl)c(C(F)(F)F)c2)CC1C. The lowest BCUT2D eigenvalue weighted by atomic mass is 9.84. The highest BCUT2D eigenvalue weighted by atomic mass is 35.5. The molecule has 0 aliphatic heterocycles. The molecule has 1 aliphatic carbocycles. The van der Waals surface area contributed by atoms with Gasteiger partial charge in [-0.25, -0.2) is 9.50 Å². The van der Waals surface area contributed by atoms with Crippen molar-refractivity contribution in [2.24, 2.45) is 5.92 Å². The Morgan fingerprint density at radius 2 is 2.09 bits per heavy atom. The van der Waals surface area contributed by atoms with E-state index in [1.807, 2.05) is 19.9 Å². The highest BCUT2D eigenvalue weighted by molar-refractivity contribution is 6.17. The molecule has 174 valence electrons. The Balaban J connectivity index is 1.60. The third-order valence-electron chi connectivity index (χ3n) is 5.72. The van der Waals surface area contributed by atoms with Crippen LogP contribution in [-0.2, 0) is 16.9 Å². The predicted molar refractivity (Wildman–Crippen MR) is 124 cm³/mol. The topological polar surface area (TPSA) is 59.3 Å². The van der Waals surface area contributed by atoms with E-state index in [4.69, 9.17) is 11.6 Å². The molecule has 5 nitrogen and oxygen atoms in total. The standard InChI is InChI=1S/C25H20ClF3N4O/c1-15-10-19(24(34)32-20-7-5-18(13-26)22(12-20)25(27,28)29)11-17(16(15)2)6-8-21-14-30-23-4-3-9-31-33(21)23/h3-5,7,9,11-12,14-15H,10,13H2,1-2H3,(H,32,34). The number of benzene rings is 1. The Hall–Kier alpha value is -3.57. The van der Waals surface area contributed by atoms with Gasteiger partial charge in [0.15, 0.2) is 5.65 Å². The molecule has 0 saturated heterocycles. The number of hydrogen-bond donors (Lipinski definition) is 1. The van der Waals surface area contributed by atoms with Gasteiger partial charge in [0.1, 0.15) is 5.69 Å². The number of nitrogens with zero attached hydrogens (tertiary/aromatic N) is 3. The van der Waals surface area contributed by atoms with Crippen LogP contribution >= 0.6 is 11.6 Å². The van der Waals surface area contributed by atoms with Crippen LogP contribution in [0.25, 0.3) is 5.65 Å². The molecule has 0 fully saturated rings. The number of anilines is 1. The monoisotopic (exact) mass is 484 g/mol. The van der Waals surface area contributed by atoms with Crippen LogP contribution in [0.4, 0.5) is 18.9 Å². The lowest BCUT2D eigenvalue weighted by Crippen LogP contribution is -2.20. The van der Waals surface area contributed by atoms with Gasteiger partial charge in [0.25, 0.3) is 5.91 Å². The van der Waals surface area contributed by atoms with Crippen molar-refractivity contribution in [2.45, 2.75) is 32.3 Å². The summed E-state index contributed by atoms with van der Waals surface area (Å²) < 4.78 is 41.6. The molecule has 0 saturated carbocycles. The number of hydrogen-bond acceptors (Lipinski definition) is 3. The molecule has 2 aromatic heterocycles. The van der Waals surface area contributed by atoms with E-state index in [0.717, 1.165) is 11.6 Å². The minimum atomic E-state index is -4.57. The molecular formula is C25H20ClF3N4O. The number of imidazole rings is 1. The Labute approximate surface area is 199 Å². The quantitative estimate of drug-likeness (QED) is 0.380. The van der Waals surface area contributed by atoms with E-state index in [-0.39, 0.29) is 23.0 Å². The van der Waals surface area contributed by atoms with Crippen molar-refractivity contribution in [1.29, 1.82) is 0 Å². The molecule has 1 aromatic carbocycles. The number of nitrogens with one attached hydrogen (secondary N) is 1. The van der Waals surface area contributed by atoms with Gasteiger partial charge in [0, 0.05) is 28.9 Å². The van der Waals surface area contributed by atoms with Crippen LogP contribution in [0.5, 0.6) is 0 Å². The number of carbonyl (C=O) groups is 1. The second-order valence-corrected chi connectivity index (χ2v) is 8.28. The van der Waals surface area contributed by atoms with E-state index in [2.05, 4.69) is 27.2 Å². The Morgan fingerprint density at radius 3 is 2.82 bits per heavy atom. The molecule has 34 heavy (non-hydrogen) atoms. The summed E-state index contributed by atoms with van der Waals surface area (Å²) in [7, 11) is 0. The maximum Gasteiger partial charge on any atom is 0.416 e. The lowest BCUT2D eigenvalue weighted by molar-refractivity contribution is -0.138. The number of allylic oxidation sites excluding steroid dienone is 3. The molecule has 0 spiro atoms. The molecular weight excluding hydrogens is 465 g/mol. The van der Waals surface area contributed by atoms with Gasteiger partial charge in [-0.2, -0.15) is 18.3 Å². The minimum absolute atomic E-state index is 0.0414. The average molecular weight is 485 g/mol. The van der Waals surface area contributed by atoms with E-state index < -0.39 is 17.6 Å². The normalized spacial score (nSPS) is 16.2. The van der Waals surface area contributed by atoms with Crippen molar-refractivity contribution in [1.82, 2.24) is 14.6 Å². The van der Waals surface area contributed by atoms with Crippen LogP contribution in [0.2, 0.25) is 0 Å². The second kappa shape index (κ2) is 9.35. The Bertz CT molecular complexity index is 1390. The Morgan fingerprint density at radius 1 is 1.29 bits per heavy atom. The van der Waals surface area contributed by atoms with E-state index in [0.29, 0.717) is 28.9 Å². The number of rotatable bonds is 3. The maximum atomic E-state index is 13.3. The fraction of sp³-hybridized carbons (Fsp3) is 0.240. The van der Waals surface area contributed by atoms with Crippen LogP contribution in [0, 0.1) is 17.8 Å². The fourth-order valence-electron chi connectivity index (χ4n) is 3.68. The molecule has 4 rings (SSSR count). The number of aromatic nitrogens is 3. The zero-order valence-electron chi connectivity index (χ0n) is 18.4. The predicted octanol–water partition coefficient (Wildman–Crippen LogP) is 5.76. The summed E-state index contributed by atoms with van der Waals surface area (Å²) in [6.45, 7) is 3.93. The van der Waals surface area contributed by atoms with E-state index in [1.54, 1.807) is 29.1 Å². The van der Waals surface area contributed by atoms with Crippen LogP contribution in [0.3, 0.4) is 0 Å². The first kappa shape index (κ1) is 23.6. The number of fused-ring (bicyclic) bond motifs is 1. The van der Waals surface area contributed by atoms with E-state index in [1.165, 1.54) is 12.1 Å². The van der Waals surface area contributed by atoms with Gasteiger partial charge in [-0.05, 0) is 61.1 Å². The van der Waals surface area contributed by atoms with Crippen molar-refractivity contribution in [2.75, 3.05) is 5.32 Å². The van der Waals surface area contributed by atoms with Crippen molar-refractivity contribution < 1.29 is 18.0 Å². The summed E-state index contributed by atoms with van der Waals surface area (Å²) in [5.74, 6) is 5.44. The van der Waals surface area contributed by atoms with E-state index >= 15 is 0 Å². The van der Waals surface area contributed by atoms with Gasteiger partial charge in [0.05, 0.1) is 11.8 Å². The van der Waals surface area contributed by atoms with Crippen molar-refractivity contribution >= 4 is 28.8 Å². The summed E-state index contributed by atoms with van der Waals surface area (Å²) in [6.07, 6.45) is 0.827. The van der Waals surface area contributed by atoms with Crippen molar-refractivity contribution in [3.05, 3.63) is 82.3 Å². The largest absolute Gasteiger partial charge is 0.416 e. The zero-order valence-corrected chi connectivity index (χ0v) is 19.1. The smallest absolute Gasteiger partial charge is 0.322 e. The van der Waals surface area contributed by atoms with Gasteiger partial charge >= 0.3 is 6.18 Å². The zero-order chi connectivity index (χ0) is 24.5. The fourth-order valence-corrected chi connectivity index (χ4v) is 3.91. The van der Waals surface area contributed by atoms with Crippen molar-refractivity contribution in [3.8, 4) is 11.8 Å². The highest BCUT2D eigenvalue weighted by Crippen LogP contribution is 2.35. The Kier molecular flexibility index (Phi) is 6.49. The van der Waals surface area contributed by atoms with Crippen LogP contribution in [-0.4, -0.2) is 20.5 Å². The highest BCUT2D eigenvalue weighted by Gasteiger charge is 2.33. The number of alkyl halides is 4. The molecule has 1 aliphatic rings. The first-order valence-corrected chi connectivity index (χ1v) is 11.0. The molecule has 2 heterocycles. The molecule has 3 aromatic rings. The van der Waals surface area contributed by atoms with Gasteiger partial charge < -0.3 is 5.32 Å². The van der Waals surface area contributed by atoms with Crippen molar-refractivity contribution in [3.63, 3.8) is 0 Å². The average Bonchev–Trinajstić information content (AvgIpc) is 3.22. The van der Waals surface area contributed by atoms with Gasteiger partial charge in [-0.1, -0.05) is 24.5 Å². The van der Waals surface area contributed by atoms with Crippen LogP contribution < -0.4 is 5.32 Å². The third-order valence-corrected chi connectivity index (χ3v) is 6.01. The summed E-state index contributed by atoms with van der Waals surface area (Å²) >= 11 is 5.64. The van der Waals surface area contributed by atoms with Gasteiger partial charge in [0.2, 0.25) is 0 Å². The minimum Gasteiger partial charge on any atom is -0.322 e. The third kappa shape index (κ3) is 4.85. The molecule has 1 atom stereocenters. The number of amides is 1. The van der Waals surface area contributed by atoms with Crippen LogP contribution in [0.1, 0.15) is 37.1 Å². The van der Waals surface area contributed by atoms with E-state index in [9.17, 15) is 18.0 Å². The molecule has 9 heteroatoms. The lowest BCUT2D eigenvalue weighted by Gasteiger charge is -2.21. The molecule has 1 N–H and O–H groups in total. The maximum absolute atomic E-state index is 13.3. The van der Waals surface area contributed by atoms with Crippen LogP contribution in [0.15, 0.2) is 65.5 Å². The molecule has 1 unspecified atom stereocenters. The second-order valence-electron chi connectivity index (χ2n) is 8.02. The van der Waals surface area contributed by atoms with Gasteiger partial charge in [-0.15, -0.1) is 11.6 Å². The first-order valence-electron chi connectivity index (χ1n) is 10.5. The first-order chi connectivity index (χ1) is 16.2. The summed E-state index contributed by atoms with van der Waals surface area (Å²) in [5.41, 5.74) is 2.56. The van der Waals surface area contributed by atoms with Gasteiger partial charge in [-0.3, -0.25) is 4.79 Å². The number of halogens is 4. The summed E-state index contributed by atoms with van der Waals surface area (Å²) in [6, 6.07) is 7.19. The molecule has 0 radical (unpaired) electrons. The molecule has 0 bridgehead atoms. The number of carbonyl (C=O) groups excluding carboxylic acids is 1.